The van der Waals surface area contributed by atoms with Crippen molar-refractivity contribution in [3.05, 3.63) is 54.6 Å². The molecule has 6 heteroatoms. The Morgan fingerprint density at radius 1 is 1.30 bits per heavy atom. The number of benzene rings is 1. The highest BCUT2D eigenvalue weighted by atomic mass is 32.2. The number of allylic oxidation sites excluding steroid dienone is 2. The fraction of sp³-hybridized carbons (Fsp3) is 0.476. The molecular formula is C21H27NO4S. The maximum absolute atomic E-state index is 13.5. The second kappa shape index (κ2) is 7.98. The Morgan fingerprint density at radius 3 is 2.63 bits per heavy atom. The van der Waals surface area contributed by atoms with E-state index in [1.54, 1.807) is 30.3 Å². The summed E-state index contributed by atoms with van der Waals surface area (Å²) in [6.45, 7) is 6.18. The quantitative estimate of drug-likeness (QED) is 0.585. The Labute approximate surface area is 161 Å². The SMILES string of the molecule is C=C[C@H]1C[C@H]2/C=C\CCCN(S(=O)(=O)c3ccc(C)cc3)[C@H]2[C@@H]1C(=O)OC. The van der Waals surface area contributed by atoms with E-state index in [0.717, 1.165) is 18.4 Å². The van der Waals surface area contributed by atoms with E-state index in [9.17, 15) is 13.2 Å². The molecule has 1 aliphatic heterocycles. The molecule has 1 fully saturated rings. The number of hydrogen-bond donors (Lipinski definition) is 0. The number of ether oxygens (including phenoxy) is 1. The van der Waals surface area contributed by atoms with E-state index >= 15 is 0 Å². The highest BCUT2D eigenvalue weighted by Crippen LogP contribution is 2.44. The second-order valence-electron chi connectivity index (χ2n) is 7.34. The summed E-state index contributed by atoms with van der Waals surface area (Å²) in [5.41, 5.74) is 1.00. The number of esters is 1. The van der Waals surface area contributed by atoms with Crippen LogP contribution in [-0.2, 0) is 19.6 Å². The third-order valence-electron chi connectivity index (χ3n) is 5.68. The molecule has 0 aromatic heterocycles. The number of methoxy groups -OCH3 is 1. The van der Waals surface area contributed by atoms with Gasteiger partial charge in [-0.05, 0) is 50.2 Å². The van der Waals surface area contributed by atoms with E-state index in [-0.39, 0.29) is 22.7 Å². The average Bonchev–Trinajstić information content (AvgIpc) is 2.98. The monoisotopic (exact) mass is 389 g/mol. The average molecular weight is 390 g/mol. The lowest BCUT2D eigenvalue weighted by atomic mass is 9.92. The smallest absolute Gasteiger partial charge is 0.310 e. The number of rotatable bonds is 4. The summed E-state index contributed by atoms with van der Waals surface area (Å²) in [7, 11) is -2.37. The number of carbonyl (C=O) groups is 1. The first-order valence-electron chi connectivity index (χ1n) is 9.35. The molecule has 1 aromatic carbocycles. The van der Waals surface area contributed by atoms with Gasteiger partial charge < -0.3 is 4.74 Å². The van der Waals surface area contributed by atoms with Gasteiger partial charge in [0.05, 0.1) is 17.9 Å². The summed E-state index contributed by atoms with van der Waals surface area (Å²) in [6.07, 6.45) is 8.18. The van der Waals surface area contributed by atoms with Crippen molar-refractivity contribution in [2.45, 2.75) is 37.1 Å². The molecule has 0 N–H and O–H groups in total. The lowest BCUT2D eigenvalue weighted by Crippen LogP contribution is -2.49. The minimum atomic E-state index is -3.72. The van der Waals surface area contributed by atoms with Crippen LogP contribution in [0.25, 0.3) is 0 Å². The van der Waals surface area contributed by atoms with Crippen LogP contribution in [0.4, 0.5) is 0 Å². The van der Waals surface area contributed by atoms with Crippen LogP contribution in [0.15, 0.2) is 54.0 Å². The van der Waals surface area contributed by atoms with E-state index in [1.807, 2.05) is 6.92 Å². The molecule has 146 valence electrons. The molecule has 2 aliphatic rings. The minimum absolute atomic E-state index is 0.0300. The van der Waals surface area contributed by atoms with Crippen molar-refractivity contribution < 1.29 is 17.9 Å². The molecular weight excluding hydrogens is 362 g/mol. The first-order valence-corrected chi connectivity index (χ1v) is 10.8. The van der Waals surface area contributed by atoms with Crippen LogP contribution in [0.3, 0.4) is 0 Å². The van der Waals surface area contributed by atoms with Crippen molar-refractivity contribution in [1.82, 2.24) is 4.31 Å². The Kier molecular flexibility index (Phi) is 5.86. The number of nitrogens with zero attached hydrogens (tertiary/aromatic N) is 1. The van der Waals surface area contributed by atoms with Crippen molar-refractivity contribution in [3.63, 3.8) is 0 Å². The highest BCUT2D eigenvalue weighted by molar-refractivity contribution is 7.89. The van der Waals surface area contributed by atoms with Gasteiger partial charge in [0.25, 0.3) is 0 Å². The fourth-order valence-electron chi connectivity index (χ4n) is 4.31. The Bertz CT molecular complexity index is 828. The lowest BCUT2D eigenvalue weighted by Gasteiger charge is -2.35. The lowest BCUT2D eigenvalue weighted by molar-refractivity contribution is -0.147. The van der Waals surface area contributed by atoms with Crippen LogP contribution in [0.2, 0.25) is 0 Å². The maximum Gasteiger partial charge on any atom is 0.310 e. The summed E-state index contributed by atoms with van der Waals surface area (Å²) in [4.78, 5) is 12.8. The Hall–Kier alpha value is -1.92. The predicted octanol–water partition coefficient (Wildman–Crippen LogP) is 3.32. The molecule has 27 heavy (non-hydrogen) atoms. The van der Waals surface area contributed by atoms with E-state index in [2.05, 4.69) is 18.7 Å². The van der Waals surface area contributed by atoms with Gasteiger partial charge in [0.2, 0.25) is 10.0 Å². The fourth-order valence-corrected chi connectivity index (χ4v) is 6.04. The van der Waals surface area contributed by atoms with E-state index in [1.165, 1.54) is 11.4 Å². The van der Waals surface area contributed by atoms with Gasteiger partial charge in [0, 0.05) is 12.6 Å². The largest absolute Gasteiger partial charge is 0.469 e. The van der Waals surface area contributed by atoms with Crippen LogP contribution in [-0.4, -0.2) is 38.4 Å². The summed E-state index contributed by atoms with van der Waals surface area (Å²) in [5.74, 6) is -1.05. The first-order chi connectivity index (χ1) is 12.9. The maximum atomic E-state index is 13.5. The highest BCUT2D eigenvalue weighted by Gasteiger charge is 2.51. The predicted molar refractivity (Wildman–Crippen MR) is 105 cm³/mol. The first kappa shape index (κ1) is 19.8. The van der Waals surface area contributed by atoms with E-state index in [0.29, 0.717) is 13.0 Å². The van der Waals surface area contributed by atoms with Crippen molar-refractivity contribution in [2.75, 3.05) is 13.7 Å². The number of fused-ring (bicyclic) bond motifs is 1. The van der Waals surface area contributed by atoms with Gasteiger partial charge in [0.15, 0.2) is 0 Å². The van der Waals surface area contributed by atoms with Gasteiger partial charge >= 0.3 is 5.97 Å². The molecule has 0 saturated heterocycles. The number of carbonyl (C=O) groups excluding carboxylic acids is 1. The summed E-state index contributed by atoms with van der Waals surface area (Å²) < 4.78 is 33.5. The van der Waals surface area contributed by atoms with Crippen LogP contribution in [0, 0.1) is 24.7 Å². The molecule has 1 heterocycles. The Balaban J connectivity index is 2.08. The van der Waals surface area contributed by atoms with Gasteiger partial charge in [-0.1, -0.05) is 35.9 Å². The normalized spacial score (nSPS) is 30.0. The standard InChI is InChI=1S/C21H27NO4S/c1-4-16-14-17-8-6-5-7-13-22(20(17)19(16)21(23)26-3)27(24,25)18-11-9-15(2)10-12-18/h4,6,8-12,16-17,19-20H,1,5,7,13-14H2,2-3H3/b8-6-/t16-,17+,19+,20+/m0/s1. The summed E-state index contributed by atoms with van der Waals surface area (Å²) >= 11 is 0. The molecule has 0 bridgehead atoms. The van der Waals surface area contributed by atoms with Gasteiger partial charge in [-0.15, -0.1) is 6.58 Å². The van der Waals surface area contributed by atoms with Crippen LogP contribution >= 0.6 is 0 Å². The molecule has 3 rings (SSSR count). The van der Waals surface area contributed by atoms with Gasteiger partial charge in [-0.25, -0.2) is 8.42 Å². The zero-order valence-electron chi connectivity index (χ0n) is 15.9. The number of hydrogen-bond acceptors (Lipinski definition) is 4. The summed E-state index contributed by atoms with van der Waals surface area (Å²) in [5, 5.41) is 0. The number of aryl methyl sites for hydroxylation is 1. The molecule has 5 nitrogen and oxygen atoms in total. The summed E-state index contributed by atoms with van der Waals surface area (Å²) in [6, 6.07) is 6.42. The molecule has 4 atom stereocenters. The van der Waals surface area contributed by atoms with Crippen molar-refractivity contribution in [1.29, 1.82) is 0 Å². The van der Waals surface area contributed by atoms with Crippen LogP contribution in [0.1, 0.15) is 24.8 Å². The van der Waals surface area contributed by atoms with Crippen LogP contribution in [0.5, 0.6) is 0 Å². The molecule has 1 aromatic rings. The molecule has 0 spiro atoms. The second-order valence-corrected chi connectivity index (χ2v) is 9.23. The molecule has 1 aliphatic carbocycles. The number of sulfonamides is 1. The van der Waals surface area contributed by atoms with Crippen molar-refractivity contribution >= 4 is 16.0 Å². The molecule has 0 unspecified atom stereocenters. The zero-order chi connectivity index (χ0) is 19.6. The molecule has 0 amide bonds. The third-order valence-corrected chi connectivity index (χ3v) is 7.59. The minimum Gasteiger partial charge on any atom is -0.469 e. The van der Waals surface area contributed by atoms with Crippen molar-refractivity contribution in [3.8, 4) is 0 Å². The van der Waals surface area contributed by atoms with Gasteiger partial charge in [-0.2, -0.15) is 4.31 Å². The zero-order valence-corrected chi connectivity index (χ0v) is 16.7. The third kappa shape index (κ3) is 3.73. The molecule has 0 radical (unpaired) electrons. The molecule has 1 saturated carbocycles. The van der Waals surface area contributed by atoms with Gasteiger partial charge in [-0.3, -0.25) is 4.79 Å². The topological polar surface area (TPSA) is 63.7 Å². The Morgan fingerprint density at radius 2 is 2.00 bits per heavy atom. The van der Waals surface area contributed by atoms with Crippen molar-refractivity contribution in [2.24, 2.45) is 17.8 Å². The van der Waals surface area contributed by atoms with Gasteiger partial charge in [0.1, 0.15) is 0 Å². The van der Waals surface area contributed by atoms with E-state index < -0.39 is 22.0 Å². The van der Waals surface area contributed by atoms with E-state index in [4.69, 9.17) is 4.74 Å². The van der Waals surface area contributed by atoms with Crippen LogP contribution < -0.4 is 0 Å².